The molecule has 1 aliphatic rings. The van der Waals surface area contributed by atoms with Gasteiger partial charge < -0.3 is 9.47 Å². The van der Waals surface area contributed by atoms with E-state index >= 15 is 0 Å². The summed E-state index contributed by atoms with van der Waals surface area (Å²) in [6, 6.07) is 15.2. The first-order valence-corrected chi connectivity index (χ1v) is 9.05. The van der Waals surface area contributed by atoms with E-state index in [1.165, 1.54) is 11.8 Å². The number of aliphatic imine (C=N–C) groups is 1. The third-order valence-corrected chi connectivity index (χ3v) is 4.90. The number of amides is 1. The van der Waals surface area contributed by atoms with Crippen molar-refractivity contribution in [2.24, 2.45) is 4.99 Å². The van der Waals surface area contributed by atoms with Crippen LogP contribution >= 0.6 is 11.8 Å². The molecule has 0 aromatic heterocycles. The molecule has 0 atom stereocenters. The number of benzene rings is 2. The Balaban J connectivity index is 1.92. The fourth-order valence-electron chi connectivity index (χ4n) is 2.58. The van der Waals surface area contributed by atoms with Crippen LogP contribution in [0.2, 0.25) is 0 Å². The van der Waals surface area contributed by atoms with E-state index in [1.54, 1.807) is 19.1 Å². The molecule has 6 heteroatoms. The maximum absolute atomic E-state index is 12.7. The van der Waals surface area contributed by atoms with Gasteiger partial charge in [-0.05, 0) is 54.6 Å². The summed E-state index contributed by atoms with van der Waals surface area (Å²) >= 11 is 1.38. The number of carbonyl (C=O) groups is 1. The number of amidine groups is 1. The molecule has 2 aromatic carbocycles. The molecule has 0 bridgehead atoms. The van der Waals surface area contributed by atoms with Crippen molar-refractivity contribution in [2.45, 2.75) is 6.92 Å². The molecule has 1 amide bonds. The first-order valence-electron chi connectivity index (χ1n) is 8.23. The van der Waals surface area contributed by atoms with Gasteiger partial charge in [0.15, 0.2) is 16.7 Å². The van der Waals surface area contributed by atoms with Crippen LogP contribution in [0.4, 0.5) is 5.69 Å². The second-order valence-electron chi connectivity index (χ2n) is 5.50. The van der Waals surface area contributed by atoms with Crippen molar-refractivity contribution in [1.29, 1.82) is 0 Å². The summed E-state index contributed by atoms with van der Waals surface area (Å²) in [5, 5.41) is 0.690. The summed E-state index contributed by atoms with van der Waals surface area (Å²) in [6.07, 6.45) is 1.85. The molecule has 2 aromatic rings. The van der Waals surface area contributed by atoms with E-state index in [2.05, 4.69) is 4.99 Å². The Bertz CT molecular complexity index is 863. The minimum atomic E-state index is -0.0398. The lowest BCUT2D eigenvalue weighted by molar-refractivity contribution is -0.122. The third-order valence-electron chi connectivity index (χ3n) is 3.89. The summed E-state index contributed by atoms with van der Waals surface area (Å²) in [5.74, 6) is 1.24. The molecule has 5 nitrogen and oxygen atoms in total. The van der Waals surface area contributed by atoms with Gasteiger partial charge in [-0.3, -0.25) is 9.69 Å². The van der Waals surface area contributed by atoms with Crippen molar-refractivity contribution in [3.05, 3.63) is 59.0 Å². The quantitative estimate of drug-likeness (QED) is 0.737. The van der Waals surface area contributed by atoms with Crippen molar-refractivity contribution < 1.29 is 14.3 Å². The van der Waals surface area contributed by atoms with Gasteiger partial charge in [0.05, 0.1) is 24.8 Å². The topological polar surface area (TPSA) is 51.1 Å². The highest BCUT2D eigenvalue weighted by atomic mass is 32.2. The summed E-state index contributed by atoms with van der Waals surface area (Å²) in [5.41, 5.74) is 1.70. The molecule has 0 saturated carbocycles. The van der Waals surface area contributed by atoms with E-state index in [-0.39, 0.29) is 5.91 Å². The molecular formula is C20H20N2O3S. The van der Waals surface area contributed by atoms with Gasteiger partial charge in [0, 0.05) is 6.54 Å². The van der Waals surface area contributed by atoms with Crippen LogP contribution in [0.5, 0.6) is 11.5 Å². The summed E-state index contributed by atoms with van der Waals surface area (Å²) in [7, 11) is 3.19. The predicted molar refractivity (Wildman–Crippen MR) is 106 cm³/mol. The molecule has 3 rings (SSSR count). The van der Waals surface area contributed by atoms with Crippen LogP contribution in [0, 0.1) is 0 Å². The van der Waals surface area contributed by atoms with Gasteiger partial charge in [0.1, 0.15) is 0 Å². The van der Waals surface area contributed by atoms with E-state index in [1.807, 2.05) is 61.5 Å². The first kappa shape index (κ1) is 18.1. The minimum Gasteiger partial charge on any atom is -0.493 e. The molecule has 1 fully saturated rings. The molecule has 0 unspecified atom stereocenters. The molecule has 0 radical (unpaired) electrons. The van der Waals surface area contributed by atoms with Crippen molar-refractivity contribution in [1.82, 2.24) is 4.90 Å². The zero-order valence-electron chi connectivity index (χ0n) is 14.9. The normalized spacial score (nSPS) is 17.2. The number of rotatable bonds is 5. The zero-order chi connectivity index (χ0) is 18.5. The number of thioether (sulfide) groups is 1. The smallest absolute Gasteiger partial charge is 0.266 e. The van der Waals surface area contributed by atoms with Gasteiger partial charge in [-0.1, -0.05) is 24.3 Å². The highest BCUT2D eigenvalue weighted by Gasteiger charge is 2.32. The van der Waals surface area contributed by atoms with Gasteiger partial charge in [-0.2, -0.15) is 0 Å². The number of methoxy groups -OCH3 is 2. The van der Waals surface area contributed by atoms with Gasteiger partial charge in [0.2, 0.25) is 0 Å². The van der Waals surface area contributed by atoms with Gasteiger partial charge >= 0.3 is 0 Å². The molecule has 1 saturated heterocycles. The Labute approximate surface area is 157 Å². The maximum atomic E-state index is 12.7. The van der Waals surface area contributed by atoms with Crippen LogP contribution in [-0.2, 0) is 4.79 Å². The van der Waals surface area contributed by atoms with Crippen LogP contribution < -0.4 is 9.47 Å². The Morgan fingerprint density at radius 3 is 2.46 bits per heavy atom. The number of hydrogen-bond donors (Lipinski definition) is 0. The molecule has 0 N–H and O–H groups in total. The van der Waals surface area contributed by atoms with Crippen molar-refractivity contribution in [3.63, 3.8) is 0 Å². The lowest BCUT2D eigenvalue weighted by Crippen LogP contribution is -2.28. The van der Waals surface area contributed by atoms with E-state index in [0.717, 1.165) is 11.3 Å². The first-order chi connectivity index (χ1) is 12.7. The van der Waals surface area contributed by atoms with E-state index < -0.39 is 0 Å². The average Bonchev–Trinajstić information content (AvgIpc) is 2.96. The van der Waals surface area contributed by atoms with Crippen molar-refractivity contribution in [2.75, 3.05) is 20.8 Å². The maximum Gasteiger partial charge on any atom is 0.266 e. The summed E-state index contributed by atoms with van der Waals surface area (Å²) < 4.78 is 10.6. The number of hydrogen-bond acceptors (Lipinski definition) is 5. The van der Waals surface area contributed by atoms with E-state index in [0.29, 0.717) is 28.1 Å². The number of nitrogens with zero attached hydrogens (tertiary/aromatic N) is 2. The molecule has 1 aliphatic heterocycles. The second-order valence-corrected chi connectivity index (χ2v) is 6.51. The Morgan fingerprint density at radius 2 is 1.81 bits per heavy atom. The fourth-order valence-corrected chi connectivity index (χ4v) is 3.64. The Hall–Kier alpha value is -2.73. The van der Waals surface area contributed by atoms with Crippen LogP contribution in [0.25, 0.3) is 6.08 Å². The number of para-hydroxylation sites is 1. The Kier molecular flexibility index (Phi) is 5.63. The number of carbonyl (C=O) groups excluding carboxylic acids is 1. The standard InChI is InChI=1S/C20H20N2O3S/c1-4-22-19(23)18(26-20(22)21-15-8-6-5-7-9-15)13-14-10-11-16(24-2)17(12-14)25-3/h5-13H,4H2,1-3H3/b18-13+,21-20?. The lowest BCUT2D eigenvalue weighted by Gasteiger charge is -2.11. The zero-order valence-corrected chi connectivity index (χ0v) is 15.7. The van der Waals surface area contributed by atoms with Crippen molar-refractivity contribution in [3.8, 4) is 11.5 Å². The van der Waals surface area contributed by atoms with Crippen LogP contribution in [-0.4, -0.2) is 36.7 Å². The van der Waals surface area contributed by atoms with Crippen molar-refractivity contribution >= 4 is 34.6 Å². The van der Waals surface area contributed by atoms with Gasteiger partial charge in [-0.15, -0.1) is 0 Å². The molecule has 134 valence electrons. The van der Waals surface area contributed by atoms with Crippen LogP contribution in [0.15, 0.2) is 58.4 Å². The highest BCUT2D eigenvalue weighted by Crippen LogP contribution is 2.35. The molecular weight excluding hydrogens is 348 g/mol. The van der Waals surface area contributed by atoms with Crippen LogP contribution in [0.1, 0.15) is 12.5 Å². The molecule has 0 spiro atoms. The minimum absolute atomic E-state index is 0.0398. The summed E-state index contributed by atoms with van der Waals surface area (Å²) in [4.78, 5) is 19.6. The van der Waals surface area contributed by atoms with Gasteiger partial charge in [0.25, 0.3) is 5.91 Å². The fraction of sp³-hybridized carbons (Fsp3) is 0.200. The number of ether oxygens (including phenoxy) is 2. The predicted octanol–water partition coefficient (Wildman–Crippen LogP) is 4.33. The molecule has 0 aliphatic carbocycles. The largest absolute Gasteiger partial charge is 0.493 e. The highest BCUT2D eigenvalue weighted by molar-refractivity contribution is 8.18. The lowest BCUT2D eigenvalue weighted by atomic mass is 10.2. The average molecular weight is 368 g/mol. The van der Waals surface area contributed by atoms with E-state index in [9.17, 15) is 4.79 Å². The second kappa shape index (κ2) is 8.10. The number of likely N-dealkylation sites (N-methyl/N-ethyl adjacent to an activating group) is 1. The summed E-state index contributed by atoms with van der Waals surface area (Å²) in [6.45, 7) is 2.51. The third kappa shape index (κ3) is 3.75. The molecule has 26 heavy (non-hydrogen) atoms. The molecule has 1 heterocycles. The van der Waals surface area contributed by atoms with Crippen LogP contribution in [0.3, 0.4) is 0 Å². The monoisotopic (exact) mass is 368 g/mol. The SMILES string of the molecule is CCN1C(=O)/C(=C\c2ccc(OC)c(OC)c2)SC1=Nc1ccccc1. The Morgan fingerprint density at radius 1 is 1.08 bits per heavy atom. The van der Waals surface area contributed by atoms with Gasteiger partial charge in [-0.25, -0.2) is 4.99 Å². The van der Waals surface area contributed by atoms with E-state index in [4.69, 9.17) is 9.47 Å².